The van der Waals surface area contributed by atoms with E-state index in [0.717, 1.165) is 29.1 Å². The van der Waals surface area contributed by atoms with Gasteiger partial charge in [0.05, 0.1) is 12.2 Å². The predicted octanol–water partition coefficient (Wildman–Crippen LogP) is 1.56. The number of nitrogens with one attached hydrogen (secondary N) is 1. The molecule has 1 amide bonds. The number of rotatable bonds is 5. The monoisotopic (exact) mass is 354 g/mol. The Morgan fingerprint density at radius 2 is 2.04 bits per heavy atom. The molecular formula is C19H26N6O. The van der Waals surface area contributed by atoms with E-state index in [4.69, 9.17) is 5.26 Å². The lowest BCUT2D eigenvalue weighted by Crippen LogP contribution is -2.29. The molecule has 7 heteroatoms. The number of aromatic nitrogens is 3. The highest BCUT2D eigenvalue weighted by atomic mass is 16.2. The normalized spacial score (nSPS) is 20.0. The van der Waals surface area contributed by atoms with Gasteiger partial charge >= 0.3 is 0 Å². The van der Waals surface area contributed by atoms with Crippen LogP contribution >= 0.6 is 0 Å². The number of nitrogens with zero attached hydrogens (tertiary/aromatic N) is 5. The van der Waals surface area contributed by atoms with E-state index in [9.17, 15) is 4.79 Å². The lowest BCUT2D eigenvalue weighted by Gasteiger charge is -2.25. The molecule has 0 spiro atoms. The molecule has 1 aliphatic heterocycles. The van der Waals surface area contributed by atoms with E-state index in [1.165, 1.54) is 0 Å². The van der Waals surface area contributed by atoms with E-state index in [2.05, 4.69) is 16.5 Å². The van der Waals surface area contributed by atoms with Crippen LogP contribution < -0.4 is 5.32 Å². The number of nitriles is 1. The Kier molecular flexibility index (Phi) is 4.88. The molecule has 0 unspecified atom stereocenters. The highest BCUT2D eigenvalue weighted by Crippen LogP contribution is 2.37. The molecule has 3 heterocycles. The molecule has 26 heavy (non-hydrogen) atoms. The summed E-state index contributed by atoms with van der Waals surface area (Å²) in [7, 11) is 5.71. The average molecular weight is 354 g/mol. The fourth-order valence-corrected chi connectivity index (χ4v) is 3.84. The van der Waals surface area contributed by atoms with Crippen molar-refractivity contribution in [1.82, 2.24) is 24.6 Å². The van der Waals surface area contributed by atoms with Gasteiger partial charge in [-0.3, -0.25) is 9.48 Å². The van der Waals surface area contributed by atoms with Crippen LogP contribution in [0.15, 0.2) is 12.3 Å². The zero-order chi connectivity index (χ0) is 19.0. The van der Waals surface area contributed by atoms with Gasteiger partial charge in [-0.25, -0.2) is 0 Å². The topological polar surface area (TPSA) is 78.9 Å². The van der Waals surface area contributed by atoms with Crippen molar-refractivity contribution in [1.29, 1.82) is 5.26 Å². The van der Waals surface area contributed by atoms with Crippen LogP contribution in [0.4, 0.5) is 0 Å². The molecule has 2 atom stereocenters. The van der Waals surface area contributed by atoms with Crippen molar-refractivity contribution < 1.29 is 4.79 Å². The van der Waals surface area contributed by atoms with Crippen LogP contribution in [0, 0.1) is 31.1 Å². The molecular weight excluding hydrogens is 328 g/mol. The van der Waals surface area contributed by atoms with Gasteiger partial charge in [-0.2, -0.15) is 10.4 Å². The van der Waals surface area contributed by atoms with E-state index in [0.29, 0.717) is 18.7 Å². The van der Waals surface area contributed by atoms with E-state index >= 15 is 0 Å². The number of aryl methyl sites for hydroxylation is 1. The maximum atomic E-state index is 12.3. The molecule has 1 saturated heterocycles. The van der Waals surface area contributed by atoms with E-state index < -0.39 is 0 Å². The van der Waals surface area contributed by atoms with Gasteiger partial charge in [0.15, 0.2) is 0 Å². The molecule has 1 aliphatic rings. The van der Waals surface area contributed by atoms with Gasteiger partial charge in [0.25, 0.3) is 0 Å². The third-order valence-electron chi connectivity index (χ3n) is 5.76. The Balaban J connectivity index is 1.71. The Hall–Kier alpha value is -2.59. The molecule has 1 N–H and O–H groups in total. The summed E-state index contributed by atoms with van der Waals surface area (Å²) in [5.74, 6) is 0.377. The van der Waals surface area contributed by atoms with Gasteiger partial charge in [-0.1, -0.05) is 0 Å². The molecule has 0 saturated carbocycles. The van der Waals surface area contributed by atoms with Crippen LogP contribution in [0.1, 0.15) is 40.7 Å². The largest absolute Gasteiger partial charge is 0.340 e. The summed E-state index contributed by atoms with van der Waals surface area (Å²) >= 11 is 0. The zero-order valence-electron chi connectivity index (χ0n) is 16.1. The van der Waals surface area contributed by atoms with E-state index in [1.807, 2.05) is 61.4 Å². The lowest BCUT2D eigenvalue weighted by molar-refractivity contribution is -0.127. The summed E-state index contributed by atoms with van der Waals surface area (Å²) in [4.78, 5) is 14.1. The van der Waals surface area contributed by atoms with Crippen molar-refractivity contribution in [3.05, 3.63) is 40.5 Å². The second-order valence-corrected chi connectivity index (χ2v) is 7.16. The number of carbonyl (C=O) groups excluding carboxylic acids is 1. The first-order valence-corrected chi connectivity index (χ1v) is 8.85. The summed E-state index contributed by atoms with van der Waals surface area (Å²) in [6.45, 7) is 5.49. The molecule has 0 bridgehead atoms. The maximum absolute atomic E-state index is 12.3. The van der Waals surface area contributed by atoms with Gasteiger partial charge in [-0.05, 0) is 25.5 Å². The summed E-state index contributed by atoms with van der Waals surface area (Å²) < 4.78 is 3.76. The number of hydrogen-bond acceptors (Lipinski definition) is 4. The quantitative estimate of drug-likeness (QED) is 0.884. The Bertz CT molecular complexity index is 871. The van der Waals surface area contributed by atoms with Crippen molar-refractivity contribution >= 4 is 5.91 Å². The minimum absolute atomic E-state index is 0.0511. The first kappa shape index (κ1) is 18.2. The first-order valence-electron chi connectivity index (χ1n) is 8.85. The number of carbonyl (C=O) groups is 1. The van der Waals surface area contributed by atoms with Gasteiger partial charge in [0, 0.05) is 63.5 Å². The zero-order valence-corrected chi connectivity index (χ0v) is 16.1. The lowest BCUT2D eigenvalue weighted by atomic mass is 9.94. The fraction of sp³-hybridized carbons (Fsp3) is 0.526. The van der Waals surface area contributed by atoms with Gasteiger partial charge in [0.1, 0.15) is 11.8 Å². The van der Waals surface area contributed by atoms with Crippen LogP contribution in [0.2, 0.25) is 0 Å². The maximum Gasteiger partial charge on any atom is 0.223 e. The molecule has 2 aromatic heterocycles. The molecule has 138 valence electrons. The minimum atomic E-state index is 0.0511. The van der Waals surface area contributed by atoms with Crippen LogP contribution in [-0.2, 0) is 25.4 Å². The standard InChI is InChI=1S/C19H26N6O/c1-12-14(6-16(8-20)23(12)3)9-21-10-15-7-18(26)24(4)19(15)17-11-22-25(5)13(17)2/h6,11,15,19,21H,7,9-10H2,1-5H3/t15-,19+/m0/s1. The van der Waals surface area contributed by atoms with Gasteiger partial charge in [0.2, 0.25) is 5.91 Å². The van der Waals surface area contributed by atoms with Gasteiger partial charge < -0.3 is 14.8 Å². The van der Waals surface area contributed by atoms with Crippen LogP contribution in [-0.4, -0.2) is 38.7 Å². The Labute approximate surface area is 154 Å². The Morgan fingerprint density at radius 3 is 2.62 bits per heavy atom. The second-order valence-electron chi connectivity index (χ2n) is 7.16. The molecule has 0 radical (unpaired) electrons. The van der Waals surface area contributed by atoms with Crippen molar-refractivity contribution in [2.75, 3.05) is 13.6 Å². The second kappa shape index (κ2) is 6.96. The summed E-state index contributed by atoms with van der Waals surface area (Å²) in [5, 5.41) is 17.0. The van der Waals surface area contributed by atoms with Gasteiger partial charge in [-0.15, -0.1) is 0 Å². The van der Waals surface area contributed by atoms with Crippen molar-refractivity contribution in [2.45, 2.75) is 32.9 Å². The first-order chi connectivity index (χ1) is 12.3. The summed E-state index contributed by atoms with van der Waals surface area (Å²) in [5.41, 5.74) is 5.09. The number of hydrogen-bond donors (Lipinski definition) is 1. The van der Waals surface area contributed by atoms with Crippen LogP contribution in [0.5, 0.6) is 0 Å². The fourth-order valence-electron chi connectivity index (χ4n) is 3.84. The SMILES string of the molecule is Cc1c([C@H]2[C@H](CNCc3cc(C#N)n(C)c3C)CC(=O)N2C)cnn1C. The molecule has 2 aromatic rings. The molecule has 7 nitrogen and oxygen atoms in total. The third-order valence-corrected chi connectivity index (χ3v) is 5.76. The minimum Gasteiger partial charge on any atom is -0.340 e. The third kappa shape index (κ3) is 3.01. The Morgan fingerprint density at radius 1 is 1.31 bits per heavy atom. The number of likely N-dealkylation sites (tertiary alicyclic amines) is 1. The van der Waals surface area contributed by atoms with Crippen molar-refractivity contribution in [3.8, 4) is 6.07 Å². The van der Waals surface area contributed by atoms with Crippen molar-refractivity contribution in [3.63, 3.8) is 0 Å². The highest BCUT2D eigenvalue weighted by Gasteiger charge is 2.39. The summed E-state index contributed by atoms with van der Waals surface area (Å²) in [6, 6.07) is 4.19. The number of amides is 1. The summed E-state index contributed by atoms with van der Waals surface area (Å²) in [6.07, 6.45) is 2.42. The highest BCUT2D eigenvalue weighted by molar-refractivity contribution is 5.79. The van der Waals surface area contributed by atoms with E-state index in [1.54, 1.807) is 0 Å². The molecule has 0 aromatic carbocycles. The van der Waals surface area contributed by atoms with Crippen LogP contribution in [0.3, 0.4) is 0 Å². The predicted molar refractivity (Wildman–Crippen MR) is 98.1 cm³/mol. The molecule has 0 aliphatic carbocycles. The molecule has 1 fully saturated rings. The smallest absolute Gasteiger partial charge is 0.223 e. The van der Waals surface area contributed by atoms with E-state index in [-0.39, 0.29) is 17.9 Å². The van der Waals surface area contributed by atoms with Crippen LogP contribution in [0.25, 0.3) is 0 Å². The average Bonchev–Trinajstić information content (AvgIpc) is 3.19. The van der Waals surface area contributed by atoms with Crippen molar-refractivity contribution in [2.24, 2.45) is 20.0 Å². The molecule has 3 rings (SSSR count).